The third-order valence-corrected chi connectivity index (χ3v) is 3.75. The van der Waals surface area contributed by atoms with E-state index in [0.29, 0.717) is 19.5 Å². The molecule has 1 aromatic rings. The van der Waals surface area contributed by atoms with Gasteiger partial charge in [-0.05, 0) is 18.9 Å². The molecule has 21 heavy (non-hydrogen) atoms. The fourth-order valence-corrected chi connectivity index (χ4v) is 2.65. The molecule has 0 saturated carbocycles. The molecule has 1 saturated heterocycles. The lowest BCUT2D eigenvalue weighted by Gasteiger charge is -2.38. The molecule has 8 nitrogen and oxygen atoms in total. The molecule has 2 unspecified atom stereocenters. The summed E-state index contributed by atoms with van der Waals surface area (Å²) in [5.41, 5.74) is 5.54. The molecular formula is C13H17N5O3. The van der Waals surface area contributed by atoms with Gasteiger partial charge in [-0.25, -0.2) is 4.98 Å². The topological polar surface area (TPSA) is 118 Å². The van der Waals surface area contributed by atoms with Crippen LogP contribution in [0.1, 0.15) is 18.4 Å². The normalized spacial score (nSPS) is 21.9. The molecule has 1 fully saturated rings. The summed E-state index contributed by atoms with van der Waals surface area (Å²) in [6.07, 6.45) is 2.93. The first kappa shape index (κ1) is 15.2. The van der Waals surface area contributed by atoms with E-state index in [1.54, 1.807) is 7.11 Å². The number of aromatic nitrogens is 1. The minimum Gasteiger partial charge on any atom is -0.381 e. The monoisotopic (exact) mass is 291 g/mol. The molecule has 2 rings (SSSR count). The summed E-state index contributed by atoms with van der Waals surface area (Å²) in [7, 11) is 1.64. The van der Waals surface area contributed by atoms with Crippen molar-refractivity contribution in [3.05, 3.63) is 27.9 Å². The number of nitrogens with two attached hydrogens (primary N) is 1. The summed E-state index contributed by atoms with van der Waals surface area (Å²) in [6.45, 7) is 0.901. The molecule has 0 bridgehead atoms. The number of rotatable bonds is 4. The van der Waals surface area contributed by atoms with E-state index in [4.69, 9.17) is 15.7 Å². The van der Waals surface area contributed by atoms with Gasteiger partial charge in [0.05, 0.1) is 11.0 Å². The molecule has 112 valence electrons. The Morgan fingerprint density at radius 3 is 3.05 bits per heavy atom. The summed E-state index contributed by atoms with van der Waals surface area (Å²) in [5.74, 6) is 0.212. The fourth-order valence-electron chi connectivity index (χ4n) is 2.65. The summed E-state index contributed by atoms with van der Waals surface area (Å²) < 4.78 is 5.34. The number of methoxy groups -OCH3 is 1. The predicted molar refractivity (Wildman–Crippen MR) is 75.8 cm³/mol. The van der Waals surface area contributed by atoms with E-state index in [0.717, 1.165) is 6.42 Å². The van der Waals surface area contributed by atoms with Crippen LogP contribution in [0.25, 0.3) is 0 Å². The van der Waals surface area contributed by atoms with Gasteiger partial charge in [0.2, 0.25) is 5.82 Å². The smallest absolute Gasteiger partial charge is 0.329 e. The molecule has 0 radical (unpaired) electrons. The standard InChI is InChI=1S/C13H17N5O3/c1-21-11-3-5-17(10(6-11)8-15)13-12(18(19)20)9(7-14)2-4-16-13/h2,4,10-11H,3,5-6,8,15H2,1H3. The van der Waals surface area contributed by atoms with Gasteiger partial charge in [0.1, 0.15) is 11.6 Å². The minimum absolute atomic E-state index is 0.00892. The number of hydrogen-bond donors (Lipinski definition) is 1. The summed E-state index contributed by atoms with van der Waals surface area (Å²) in [5, 5.41) is 20.3. The van der Waals surface area contributed by atoms with Gasteiger partial charge in [-0.1, -0.05) is 0 Å². The first-order chi connectivity index (χ1) is 10.1. The largest absolute Gasteiger partial charge is 0.381 e. The van der Waals surface area contributed by atoms with Crippen LogP contribution in [0.2, 0.25) is 0 Å². The Bertz CT molecular complexity index is 571. The average Bonchev–Trinajstić information content (AvgIpc) is 2.53. The fraction of sp³-hybridized carbons (Fsp3) is 0.538. The van der Waals surface area contributed by atoms with Gasteiger partial charge in [-0.3, -0.25) is 10.1 Å². The molecule has 0 spiro atoms. The first-order valence-electron chi connectivity index (χ1n) is 6.65. The molecular weight excluding hydrogens is 274 g/mol. The van der Waals surface area contributed by atoms with Crippen molar-refractivity contribution in [3.8, 4) is 6.07 Å². The van der Waals surface area contributed by atoms with Crippen molar-refractivity contribution in [2.45, 2.75) is 25.0 Å². The van der Waals surface area contributed by atoms with Crippen LogP contribution in [0, 0.1) is 21.4 Å². The zero-order valence-corrected chi connectivity index (χ0v) is 11.7. The molecule has 0 aliphatic carbocycles. The lowest BCUT2D eigenvalue weighted by molar-refractivity contribution is -0.384. The van der Waals surface area contributed by atoms with Gasteiger partial charge in [0.15, 0.2) is 0 Å². The van der Waals surface area contributed by atoms with Crippen molar-refractivity contribution in [3.63, 3.8) is 0 Å². The summed E-state index contributed by atoms with van der Waals surface area (Å²) in [4.78, 5) is 16.7. The summed E-state index contributed by atoms with van der Waals surface area (Å²) >= 11 is 0. The Balaban J connectivity index is 2.42. The molecule has 1 aliphatic heterocycles. The Hall–Kier alpha value is -2.24. The Morgan fingerprint density at radius 1 is 1.71 bits per heavy atom. The molecule has 2 atom stereocenters. The number of nitrogens with zero attached hydrogens (tertiary/aromatic N) is 4. The van der Waals surface area contributed by atoms with Crippen LogP contribution in [0.15, 0.2) is 12.3 Å². The van der Waals surface area contributed by atoms with E-state index < -0.39 is 4.92 Å². The second kappa shape index (κ2) is 6.47. The van der Waals surface area contributed by atoms with E-state index in [2.05, 4.69) is 4.98 Å². The lowest BCUT2D eigenvalue weighted by Crippen LogP contribution is -2.49. The van der Waals surface area contributed by atoms with Crippen LogP contribution in [0.5, 0.6) is 0 Å². The van der Waals surface area contributed by atoms with E-state index in [-0.39, 0.29) is 29.2 Å². The van der Waals surface area contributed by atoms with Crippen molar-refractivity contribution in [1.82, 2.24) is 4.98 Å². The van der Waals surface area contributed by atoms with Crippen LogP contribution < -0.4 is 10.6 Å². The van der Waals surface area contributed by atoms with Crippen LogP contribution in [0.4, 0.5) is 11.5 Å². The first-order valence-corrected chi connectivity index (χ1v) is 6.65. The highest BCUT2D eigenvalue weighted by atomic mass is 16.6. The van der Waals surface area contributed by atoms with Crippen molar-refractivity contribution < 1.29 is 9.66 Å². The highest BCUT2D eigenvalue weighted by Gasteiger charge is 2.34. The third-order valence-electron chi connectivity index (χ3n) is 3.75. The van der Waals surface area contributed by atoms with E-state index in [9.17, 15) is 10.1 Å². The molecule has 1 aliphatic rings. The Labute approximate surface area is 122 Å². The third kappa shape index (κ3) is 2.94. The van der Waals surface area contributed by atoms with E-state index in [1.807, 2.05) is 11.0 Å². The Morgan fingerprint density at radius 2 is 2.48 bits per heavy atom. The van der Waals surface area contributed by atoms with Crippen LogP contribution in [-0.2, 0) is 4.74 Å². The van der Waals surface area contributed by atoms with Gasteiger partial charge < -0.3 is 15.4 Å². The minimum atomic E-state index is -0.559. The maximum Gasteiger partial charge on any atom is 0.329 e. The van der Waals surface area contributed by atoms with Gasteiger partial charge in [0, 0.05) is 32.4 Å². The van der Waals surface area contributed by atoms with Crippen molar-refractivity contribution in [1.29, 1.82) is 5.26 Å². The van der Waals surface area contributed by atoms with Crippen LogP contribution in [-0.4, -0.2) is 42.3 Å². The quantitative estimate of drug-likeness (QED) is 0.643. The second-order valence-corrected chi connectivity index (χ2v) is 4.86. The van der Waals surface area contributed by atoms with Gasteiger partial charge in [0.25, 0.3) is 0 Å². The van der Waals surface area contributed by atoms with Crippen LogP contribution >= 0.6 is 0 Å². The highest BCUT2D eigenvalue weighted by molar-refractivity contribution is 5.66. The van der Waals surface area contributed by atoms with Crippen molar-refractivity contribution >= 4 is 11.5 Å². The number of nitro groups is 1. The maximum absolute atomic E-state index is 11.3. The van der Waals surface area contributed by atoms with Crippen molar-refractivity contribution in [2.24, 2.45) is 5.73 Å². The van der Waals surface area contributed by atoms with Crippen LogP contribution in [0.3, 0.4) is 0 Å². The number of ether oxygens (including phenoxy) is 1. The van der Waals surface area contributed by atoms with Crippen molar-refractivity contribution in [2.75, 3.05) is 25.1 Å². The molecule has 1 aromatic heterocycles. The average molecular weight is 291 g/mol. The lowest BCUT2D eigenvalue weighted by atomic mass is 9.99. The zero-order valence-electron chi connectivity index (χ0n) is 11.7. The Kier molecular flexibility index (Phi) is 4.67. The summed E-state index contributed by atoms with van der Waals surface area (Å²) in [6, 6.07) is 3.10. The SMILES string of the molecule is COC1CCN(c2nccc(C#N)c2[N+](=O)[O-])C(CN)C1. The predicted octanol–water partition coefficient (Wildman–Crippen LogP) is 0.804. The van der Waals surface area contributed by atoms with E-state index >= 15 is 0 Å². The number of anilines is 1. The zero-order chi connectivity index (χ0) is 15.4. The second-order valence-electron chi connectivity index (χ2n) is 4.86. The van der Waals surface area contributed by atoms with Gasteiger partial charge in [-0.2, -0.15) is 5.26 Å². The molecule has 8 heteroatoms. The van der Waals surface area contributed by atoms with Gasteiger partial charge >= 0.3 is 5.69 Å². The maximum atomic E-state index is 11.3. The molecule has 0 amide bonds. The molecule has 2 N–H and O–H groups in total. The number of hydrogen-bond acceptors (Lipinski definition) is 7. The number of nitriles is 1. The highest BCUT2D eigenvalue weighted by Crippen LogP contribution is 2.33. The van der Waals surface area contributed by atoms with Gasteiger partial charge in [-0.15, -0.1) is 0 Å². The number of piperidine rings is 1. The molecule has 2 heterocycles. The van der Waals surface area contributed by atoms with E-state index in [1.165, 1.54) is 12.3 Å². The number of pyridine rings is 1. The molecule has 0 aromatic carbocycles.